The molecule has 0 aliphatic rings. The normalized spacial score (nSPS) is 10.9. The van der Waals surface area contributed by atoms with Gasteiger partial charge in [-0.25, -0.2) is 14.8 Å². The van der Waals surface area contributed by atoms with Crippen molar-refractivity contribution in [3.05, 3.63) is 47.4 Å². The minimum absolute atomic E-state index is 0.202. The number of aromatic nitrogens is 2. The van der Waals surface area contributed by atoms with E-state index < -0.39 is 11.9 Å². The van der Waals surface area contributed by atoms with E-state index in [-0.39, 0.29) is 16.8 Å². The van der Waals surface area contributed by atoms with Gasteiger partial charge in [-0.05, 0) is 39.8 Å². The van der Waals surface area contributed by atoms with E-state index in [1.807, 2.05) is 20.8 Å². The monoisotopic (exact) mass is 342 g/mol. The first-order valence-corrected chi connectivity index (χ1v) is 7.82. The number of hydrogen-bond acceptors (Lipinski definition) is 6. The quantitative estimate of drug-likeness (QED) is 0.830. The van der Waals surface area contributed by atoms with E-state index in [9.17, 15) is 9.59 Å². The number of carbonyl (C=O) groups is 2. The van der Waals surface area contributed by atoms with Crippen LogP contribution in [0.3, 0.4) is 0 Å². The summed E-state index contributed by atoms with van der Waals surface area (Å²) >= 11 is 0. The molecule has 0 unspecified atom stereocenters. The lowest BCUT2D eigenvalue weighted by molar-refractivity contribution is 0.0602. The lowest BCUT2D eigenvalue weighted by Crippen LogP contribution is -2.27. The Balaban J connectivity index is 2.29. The number of amides is 1. The SMILES string of the molecule is COC(=O)c1ccccc1NC(=O)c1cc(NC(C)(C)C)nc(C)n1. The summed E-state index contributed by atoms with van der Waals surface area (Å²) in [5.41, 5.74) is 0.642. The van der Waals surface area contributed by atoms with Crippen LogP contribution < -0.4 is 10.6 Å². The van der Waals surface area contributed by atoms with Crippen LogP contribution in [0.15, 0.2) is 30.3 Å². The van der Waals surface area contributed by atoms with Crippen molar-refractivity contribution >= 4 is 23.4 Å². The van der Waals surface area contributed by atoms with Crippen LogP contribution in [0.2, 0.25) is 0 Å². The number of anilines is 2. The maximum absolute atomic E-state index is 12.6. The van der Waals surface area contributed by atoms with Gasteiger partial charge in [0, 0.05) is 11.6 Å². The van der Waals surface area contributed by atoms with Gasteiger partial charge in [0.25, 0.3) is 5.91 Å². The highest BCUT2D eigenvalue weighted by molar-refractivity contribution is 6.07. The molecular weight excluding hydrogens is 320 g/mol. The van der Waals surface area contributed by atoms with Crippen LogP contribution in [-0.2, 0) is 4.74 Å². The molecule has 0 bridgehead atoms. The van der Waals surface area contributed by atoms with Crippen LogP contribution in [0, 0.1) is 6.92 Å². The molecule has 0 radical (unpaired) electrons. The Morgan fingerprint density at radius 1 is 1.12 bits per heavy atom. The zero-order valence-corrected chi connectivity index (χ0v) is 15.0. The van der Waals surface area contributed by atoms with E-state index in [0.717, 1.165) is 0 Å². The summed E-state index contributed by atoms with van der Waals surface area (Å²) in [4.78, 5) is 32.8. The Hall–Kier alpha value is -2.96. The summed E-state index contributed by atoms with van der Waals surface area (Å²) in [7, 11) is 1.29. The molecule has 0 saturated carbocycles. The summed E-state index contributed by atoms with van der Waals surface area (Å²) in [5, 5.41) is 5.92. The Bertz CT molecular complexity index is 797. The molecule has 2 aromatic rings. The highest BCUT2D eigenvalue weighted by Crippen LogP contribution is 2.18. The first kappa shape index (κ1) is 18.4. The number of carbonyl (C=O) groups excluding carboxylic acids is 2. The Labute approximate surface area is 146 Å². The predicted molar refractivity (Wildman–Crippen MR) is 95.9 cm³/mol. The molecule has 0 aliphatic heterocycles. The fraction of sp³-hybridized carbons (Fsp3) is 0.333. The van der Waals surface area contributed by atoms with Crippen LogP contribution >= 0.6 is 0 Å². The number of nitrogens with zero attached hydrogens (tertiary/aromatic N) is 2. The van der Waals surface area contributed by atoms with E-state index in [4.69, 9.17) is 4.74 Å². The standard InChI is InChI=1S/C18H22N4O3/c1-11-19-14(10-15(20-11)22-18(2,3)4)16(23)21-13-9-7-6-8-12(13)17(24)25-5/h6-10H,1-5H3,(H,21,23)(H,19,20,22). The van der Waals surface area contributed by atoms with Gasteiger partial charge in [-0.3, -0.25) is 4.79 Å². The van der Waals surface area contributed by atoms with Crippen molar-refractivity contribution in [2.45, 2.75) is 33.2 Å². The topological polar surface area (TPSA) is 93.2 Å². The Morgan fingerprint density at radius 2 is 1.80 bits per heavy atom. The zero-order valence-electron chi connectivity index (χ0n) is 15.0. The summed E-state index contributed by atoms with van der Waals surface area (Å²) in [6.07, 6.45) is 0. The average Bonchev–Trinajstić information content (AvgIpc) is 2.52. The molecule has 2 N–H and O–H groups in total. The van der Waals surface area contributed by atoms with Gasteiger partial charge in [-0.2, -0.15) is 0 Å². The second-order valence-corrected chi connectivity index (χ2v) is 6.55. The smallest absolute Gasteiger partial charge is 0.339 e. The third kappa shape index (κ3) is 5.00. The van der Waals surface area contributed by atoms with Crippen LogP contribution in [0.1, 0.15) is 47.4 Å². The second-order valence-electron chi connectivity index (χ2n) is 6.55. The van der Waals surface area contributed by atoms with E-state index in [0.29, 0.717) is 17.3 Å². The second kappa shape index (κ2) is 7.29. The van der Waals surface area contributed by atoms with Gasteiger partial charge in [0.1, 0.15) is 17.3 Å². The van der Waals surface area contributed by atoms with Crippen molar-refractivity contribution in [1.82, 2.24) is 9.97 Å². The van der Waals surface area contributed by atoms with Crippen LogP contribution in [0.4, 0.5) is 11.5 Å². The zero-order chi connectivity index (χ0) is 18.6. The first-order chi connectivity index (χ1) is 11.7. The maximum atomic E-state index is 12.6. The van der Waals surface area contributed by atoms with E-state index >= 15 is 0 Å². The van der Waals surface area contributed by atoms with Crippen LogP contribution in [-0.4, -0.2) is 34.5 Å². The summed E-state index contributed by atoms with van der Waals surface area (Å²) in [5.74, 6) is 0.0794. The molecule has 0 aliphatic carbocycles. The minimum Gasteiger partial charge on any atom is -0.465 e. The number of nitrogens with one attached hydrogen (secondary N) is 2. The van der Waals surface area contributed by atoms with Crippen molar-refractivity contribution in [2.24, 2.45) is 0 Å². The number of benzene rings is 1. The lowest BCUT2D eigenvalue weighted by atomic mass is 10.1. The van der Waals surface area contributed by atoms with Gasteiger partial charge < -0.3 is 15.4 Å². The van der Waals surface area contributed by atoms with Crippen molar-refractivity contribution in [2.75, 3.05) is 17.7 Å². The number of ether oxygens (including phenoxy) is 1. The third-order valence-corrected chi connectivity index (χ3v) is 3.15. The summed E-state index contributed by atoms with van der Waals surface area (Å²) < 4.78 is 4.73. The molecule has 1 amide bonds. The molecule has 132 valence electrons. The number of esters is 1. The number of para-hydroxylation sites is 1. The van der Waals surface area contributed by atoms with E-state index in [2.05, 4.69) is 20.6 Å². The van der Waals surface area contributed by atoms with Gasteiger partial charge in [-0.1, -0.05) is 12.1 Å². The average molecular weight is 342 g/mol. The number of methoxy groups -OCH3 is 1. The number of aryl methyl sites for hydroxylation is 1. The largest absolute Gasteiger partial charge is 0.465 e. The maximum Gasteiger partial charge on any atom is 0.339 e. The highest BCUT2D eigenvalue weighted by Gasteiger charge is 2.17. The van der Waals surface area contributed by atoms with E-state index in [1.54, 1.807) is 37.3 Å². The Kier molecular flexibility index (Phi) is 5.36. The summed E-state index contributed by atoms with van der Waals surface area (Å²) in [6.45, 7) is 7.71. The minimum atomic E-state index is -0.523. The molecular formula is C18H22N4O3. The van der Waals surface area contributed by atoms with Crippen molar-refractivity contribution in [3.8, 4) is 0 Å². The molecule has 0 spiro atoms. The first-order valence-electron chi connectivity index (χ1n) is 7.82. The summed E-state index contributed by atoms with van der Waals surface area (Å²) in [6, 6.07) is 8.21. The number of hydrogen-bond donors (Lipinski definition) is 2. The van der Waals surface area contributed by atoms with Gasteiger partial charge >= 0.3 is 5.97 Å². The molecule has 1 aromatic heterocycles. The molecule has 0 fully saturated rings. The fourth-order valence-electron chi connectivity index (χ4n) is 2.20. The fourth-order valence-corrected chi connectivity index (χ4v) is 2.20. The molecule has 25 heavy (non-hydrogen) atoms. The molecule has 7 nitrogen and oxygen atoms in total. The molecule has 0 atom stereocenters. The van der Waals surface area contributed by atoms with Gasteiger partial charge in [0.05, 0.1) is 18.4 Å². The van der Waals surface area contributed by atoms with Crippen molar-refractivity contribution in [3.63, 3.8) is 0 Å². The molecule has 0 saturated heterocycles. The van der Waals surface area contributed by atoms with Crippen molar-refractivity contribution < 1.29 is 14.3 Å². The van der Waals surface area contributed by atoms with Crippen molar-refractivity contribution in [1.29, 1.82) is 0 Å². The Morgan fingerprint density at radius 3 is 2.44 bits per heavy atom. The molecule has 1 aromatic carbocycles. The highest BCUT2D eigenvalue weighted by atomic mass is 16.5. The van der Waals surface area contributed by atoms with Crippen LogP contribution in [0.5, 0.6) is 0 Å². The molecule has 7 heteroatoms. The van der Waals surface area contributed by atoms with Gasteiger partial charge in [-0.15, -0.1) is 0 Å². The van der Waals surface area contributed by atoms with E-state index in [1.165, 1.54) is 7.11 Å². The lowest BCUT2D eigenvalue weighted by Gasteiger charge is -2.21. The molecule has 2 rings (SSSR count). The molecule has 1 heterocycles. The predicted octanol–water partition coefficient (Wildman–Crippen LogP) is 3.03. The van der Waals surface area contributed by atoms with Gasteiger partial charge in [0.2, 0.25) is 0 Å². The van der Waals surface area contributed by atoms with Crippen LogP contribution in [0.25, 0.3) is 0 Å². The van der Waals surface area contributed by atoms with Gasteiger partial charge in [0.15, 0.2) is 0 Å². The third-order valence-electron chi connectivity index (χ3n) is 3.15. The number of rotatable bonds is 4.